The minimum Gasteiger partial charge on any atom is -0.389 e. The fourth-order valence-electron chi connectivity index (χ4n) is 3.17. The fraction of sp³-hybridized carbons (Fsp3) is 0.250. The average Bonchev–Trinajstić information content (AvgIpc) is 2.79. The molecule has 0 aliphatic rings. The molecule has 2 rings (SSSR count). The normalized spacial score (nSPS) is 16.8. The lowest BCUT2D eigenvalue weighted by Crippen LogP contribution is -2.53. The first-order valence-corrected chi connectivity index (χ1v) is 9.63. The predicted octanol–water partition coefficient (Wildman–Crippen LogP) is 1.71. The Morgan fingerprint density at radius 1 is 0.774 bits per heavy atom. The van der Waals surface area contributed by atoms with Crippen molar-refractivity contribution in [1.29, 1.82) is 0 Å². The number of rotatable bonds is 10. The molecule has 0 heterocycles. The third-order valence-electron chi connectivity index (χ3n) is 4.98. The molecule has 0 aromatic heterocycles. The number of carbonyl (C=O) groups is 2. The summed E-state index contributed by atoms with van der Waals surface area (Å²) in [6.07, 6.45) is -1.15. The van der Waals surface area contributed by atoms with E-state index in [1.54, 1.807) is 12.1 Å². The summed E-state index contributed by atoms with van der Waals surface area (Å²) in [7, 11) is 0. The Morgan fingerprint density at radius 3 is 1.39 bits per heavy atom. The molecule has 0 spiro atoms. The largest absolute Gasteiger partial charge is 0.389 e. The van der Waals surface area contributed by atoms with Crippen LogP contribution in [0.5, 0.6) is 0 Å². The lowest BCUT2D eigenvalue weighted by Gasteiger charge is -2.34. The highest BCUT2D eigenvalue weighted by molar-refractivity contribution is 5.95. The molecule has 0 amide bonds. The molecule has 7 heteroatoms. The van der Waals surface area contributed by atoms with Crippen molar-refractivity contribution in [2.24, 2.45) is 0 Å². The Hall–Kier alpha value is -3.10. The van der Waals surface area contributed by atoms with Gasteiger partial charge in [-0.2, -0.15) is 0 Å². The molecule has 0 fully saturated rings. The molecule has 0 aliphatic carbocycles. The first kappa shape index (κ1) is 24.2. The molecule has 4 unspecified atom stereocenters. The zero-order valence-corrected chi connectivity index (χ0v) is 16.9. The van der Waals surface area contributed by atoms with Gasteiger partial charge in [-0.25, -0.2) is 9.59 Å². The van der Waals surface area contributed by atoms with E-state index in [-0.39, 0.29) is 24.0 Å². The number of hydrogen-bond acceptors (Lipinski definition) is 7. The molecule has 4 N–H and O–H groups in total. The third kappa shape index (κ3) is 4.81. The number of hydrogen-bond donors (Lipinski definition) is 4. The van der Waals surface area contributed by atoms with E-state index < -0.39 is 35.3 Å². The minimum absolute atomic E-state index is 0.0166. The van der Waals surface area contributed by atoms with Crippen LogP contribution < -0.4 is 0 Å². The van der Waals surface area contributed by atoms with Gasteiger partial charge in [-0.15, -0.1) is 13.2 Å². The monoisotopic (exact) mass is 426 g/mol. The van der Waals surface area contributed by atoms with Crippen molar-refractivity contribution in [2.75, 3.05) is 0 Å². The van der Waals surface area contributed by atoms with Gasteiger partial charge in [0.15, 0.2) is 0 Å². The lowest BCUT2D eigenvalue weighted by atomic mass is 9.85. The molecule has 0 bridgehead atoms. The van der Waals surface area contributed by atoms with Crippen LogP contribution in [-0.4, -0.2) is 44.6 Å². The van der Waals surface area contributed by atoms with Gasteiger partial charge in [0.1, 0.15) is 12.2 Å². The van der Waals surface area contributed by atoms with Crippen molar-refractivity contribution in [1.82, 2.24) is 0 Å². The van der Waals surface area contributed by atoms with Crippen LogP contribution in [0, 0.1) is 0 Å². The molecule has 0 aliphatic heterocycles. The summed E-state index contributed by atoms with van der Waals surface area (Å²) < 4.78 is 4.86. The highest BCUT2D eigenvalue weighted by Crippen LogP contribution is 2.33. The van der Waals surface area contributed by atoms with Gasteiger partial charge in [-0.05, 0) is 24.0 Å². The van der Waals surface area contributed by atoms with Crippen molar-refractivity contribution < 1.29 is 34.8 Å². The van der Waals surface area contributed by atoms with Crippen LogP contribution in [0.1, 0.15) is 24.0 Å². The smallest absolute Gasteiger partial charge is 0.353 e. The first-order valence-electron chi connectivity index (χ1n) is 9.63. The Morgan fingerprint density at radius 2 is 1.10 bits per heavy atom. The van der Waals surface area contributed by atoms with Gasteiger partial charge in [-0.1, -0.05) is 72.8 Å². The molecule has 31 heavy (non-hydrogen) atoms. The van der Waals surface area contributed by atoms with Crippen LogP contribution >= 0.6 is 0 Å². The van der Waals surface area contributed by atoms with Crippen molar-refractivity contribution in [2.45, 2.75) is 36.3 Å². The molecule has 164 valence electrons. The van der Waals surface area contributed by atoms with Gasteiger partial charge in [0.05, 0.1) is 0 Å². The molecular formula is C24H26O7. The van der Waals surface area contributed by atoms with E-state index in [1.807, 2.05) is 0 Å². The molecule has 7 nitrogen and oxygen atoms in total. The zero-order chi connectivity index (χ0) is 23.1. The van der Waals surface area contributed by atoms with Gasteiger partial charge in [0, 0.05) is 0 Å². The highest BCUT2D eigenvalue weighted by Gasteiger charge is 2.52. The van der Waals surface area contributed by atoms with Gasteiger partial charge < -0.3 is 25.2 Å². The maximum atomic E-state index is 13.0. The van der Waals surface area contributed by atoms with Crippen molar-refractivity contribution in [3.8, 4) is 0 Å². The Kier molecular flexibility index (Phi) is 8.01. The van der Waals surface area contributed by atoms with Crippen LogP contribution in [0.3, 0.4) is 0 Å². The average molecular weight is 426 g/mol. The summed E-state index contributed by atoms with van der Waals surface area (Å²) in [6.45, 7) is 6.96. The molecule has 4 atom stereocenters. The van der Waals surface area contributed by atoms with E-state index in [4.69, 9.17) is 4.74 Å². The number of aliphatic hydroxyl groups excluding tert-OH is 2. The van der Waals surface area contributed by atoms with Crippen LogP contribution in [0.4, 0.5) is 0 Å². The van der Waals surface area contributed by atoms with Crippen LogP contribution in [0.2, 0.25) is 0 Å². The maximum Gasteiger partial charge on any atom is 0.353 e. The second kappa shape index (κ2) is 10.3. The van der Waals surface area contributed by atoms with E-state index >= 15 is 0 Å². The summed E-state index contributed by atoms with van der Waals surface area (Å²) in [5.74, 6) is -3.00. The number of carbonyl (C=O) groups excluding carboxylic acids is 2. The van der Waals surface area contributed by atoms with E-state index in [1.165, 1.54) is 60.7 Å². The van der Waals surface area contributed by atoms with Crippen LogP contribution in [0.15, 0.2) is 86.0 Å². The molecular weight excluding hydrogens is 400 g/mol. The lowest BCUT2D eigenvalue weighted by molar-refractivity contribution is -0.200. The second-order valence-corrected chi connectivity index (χ2v) is 7.02. The number of benzene rings is 2. The van der Waals surface area contributed by atoms with Crippen molar-refractivity contribution >= 4 is 11.9 Å². The van der Waals surface area contributed by atoms with Gasteiger partial charge in [0.2, 0.25) is 11.2 Å². The van der Waals surface area contributed by atoms with E-state index in [0.717, 1.165) is 0 Å². The maximum absolute atomic E-state index is 13.0. The number of aliphatic hydroxyl groups is 4. The molecule has 0 radical (unpaired) electrons. The molecule has 2 aromatic carbocycles. The summed E-state index contributed by atoms with van der Waals surface area (Å²) in [5.41, 5.74) is -5.27. The summed E-state index contributed by atoms with van der Waals surface area (Å²) in [4.78, 5) is 25.9. The molecule has 0 saturated heterocycles. The Bertz CT molecular complexity index is 837. The predicted molar refractivity (Wildman–Crippen MR) is 113 cm³/mol. The number of esters is 2. The first-order chi connectivity index (χ1) is 14.7. The molecule has 2 aromatic rings. The summed E-state index contributed by atoms with van der Waals surface area (Å²) in [6, 6.07) is 14.9. The summed E-state index contributed by atoms with van der Waals surface area (Å²) >= 11 is 0. The quantitative estimate of drug-likeness (QED) is 0.259. The van der Waals surface area contributed by atoms with Crippen molar-refractivity contribution in [3.63, 3.8) is 0 Å². The van der Waals surface area contributed by atoms with E-state index in [9.17, 15) is 30.0 Å². The highest BCUT2D eigenvalue weighted by atomic mass is 16.6. The van der Waals surface area contributed by atoms with Gasteiger partial charge in [-0.3, -0.25) is 0 Å². The zero-order valence-electron chi connectivity index (χ0n) is 16.9. The van der Waals surface area contributed by atoms with E-state index in [0.29, 0.717) is 0 Å². The van der Waals surface area contributed by atoms with Crippen molar-refractivity contribution in [3.05, 3.63) is 97.1 Å². The van der Waals surface area contributed by atoms with Gasteiger partial charge >= 0.3 is 11.9 Å². The molecule has 0 saturated carbocycles. The summed E-state index contributed by atoms with van der Waals surface area (Å²) in [5, 5.41) is 43.1. The fourth-order valence-corrected chi connectivity index (χ4v) is 3.17. The second-order valence-electron chi connectivity index (χ2n) is 7.02. The third-order valence-corrected chi connectivity index (χ3v) is 4.98. The number of ether oxygens (including phenoxy) is 1. The standard InChI is InChI=1S/C24H26O7/c1-3-11-19(25)23(29,17-13-7-5-8-14-17)21(27)31-22(28)24(30,20(26)12-4-2)18-15-9-6-10-16-18/h3-10,13-16,19-20,25-26,29-30H,1-2,11-12H2. The Labute approximate surface area is 180 Å². The Balaban J connectivity index is 2.46. The van der Waals surface area contributed by atoms with Crippen LogP contribution in [0.25, 0.3) is 0 Å². The SMILES string of the molecule is C=CCC(O)C(O)(C(=O)OC(=O)C(O)(c1ccccc1)C(O)CC=C)c1ccccc1. The van der Waals surface area contributed by atoms with Gasteiger partial charge in [0.25, 0.3) is 0 Å². The topological polar surface area (TPSA) is 124 Å². The van der Waals surface area contributed by atoms with E-state index in [2.05, 4.69) is 13.2 Å². The van der Waals surface area contributed by atoms with Crippen LogP contribution in [-0.2, 0) is 25.5 Å². The minimum atomic E-state index is -2.62.